The van der Waals surface area contributed by atoms with E-state index in [0.717, 1.165) is 0 Å². The lowest BCUT2D eigenvalue weighted by atomic mass is 10.00. The van der Waals surface area contributed by atoms with E-state index in [-0.39, 0.29) is 76.1 Å². The van der Waals surface area contributed by atoms with Crippen molar-refractivity contribution in [2.75, 3.05) is 31.1 Å². The molecule has 107 heavy (non-hydrogen) atoms. The summed E-state index contributed by atoms with van der Waals surface area (Å²) in [6.45, 7) is 5.51. The van der Waals surface area contributed by atoms with E-state index < -0.39 is 242 Å². The van der Waals surface area contributed by atoms with Gasteiger partial charge in [-0.25, -0.2) is 4.79 Å². The maximum Gasteiger partial charge on any atom is 0.326 e. The van der Waals surface area contributed by atoms with E-state index in [1.807, 2.05) is 16.0 Å². The van der Waals surface area contributed by atoms with Crippen molar-refractivity contribution in [3.63, 3.8) is 0 Å². The van der Waals surface area contributed by atoms with Crippen LogP contribution in [0.3, 0.4) is 0 Å². The third kappa shape index (κ3) is 38.2. The molecule has 0 heterocycles. The van der Waals surface area contributed by atoms with Crippen molar-refractivity contribution in [2.24, 2.45) is 40.3 Å². The number of phenols is 1. The van der Waals surface area contributed by atoms with E-state index >= 15 is 0 Å². The van der Waals surface area contributed by atoms with Gasteiger partial charge in [-0.15, -0.1) is 0 Å². The number of rotatable bonds is 55. The van der Waals surface area contributed by atoms with Crippen LogP contribution in [0.25, 0.3) is 0 Å². The summed E-state index contributed by atoms with van der Waals surface area (Å²) in [4.78, 5) is 237. The van der Waals surface area contributed by atoms with Crippen molar-refractivity contribution >= 4 is 132 Å². The minimum atomic E-state index is -2.15. The molecule has 0 fully saturated rings. The fourth-order valence-corrected chi connectivity index (χ4v) is 10.5. The van der Waals surface area contributed by atoms with Crippen molar-refractivity contribution in [1.29, 1.82) is 0 Å². The van der Waals surface area contributed by atoms with E-state index in [1.54, 1.807) is 13.8 Å². The number of carboxylic acids is 4. The maximum atomic E-state index is 14.4. The minimum absolute atomic E-state index is 0.100. The van der Waals surface area contributed by atoms with E-state index in [1.165, 1.54) is 31.2 Å². The molecule has 1 rings (SSSR count). The highest BCUT2D eigenvalue weighted by molar-refractivity contribution is 7.80. The zero-order chi connectivity index (χ0) is 81.2. The van der Waals surface area contributed by atoms with Gasteiger partial charge in [0.05, 0.1) is 25.3 Å². The van der Waals surface area contributed by atoms with Gasteiger partial charge in [0.2, 0.25) is 82.7 Å². The van der Waals surface area contributed by atoms with Crippen LogP contribution in [0.2, 0.25) is 0 Å². The average Bonchev–Trinajstić information content (AvgIpc) is 0.860. The van der Waals surface area contributed by atoms with Gasteiger partial charge in [-0.05, 0) is 121 Å². The SMILES string of the molecule is CC(C)C[C@H](NC(=O)[C@@H](N)CCCCN)C(=O)N[C@@H](Cc1ccc(O)cc1)C(=O)N[C@@H](C)C(=O)N[C@@H](CCCCN)C(=O)N[C@@H](CCCCN)C(=O)N[C@@H](CCC(=O)O)C(=O)N[C@@H](CS)C(=O)N[C@@H](CC(N)=O)C(=O)N[C@@H](CCC(=O)O)C(=O)N[C@@H](CC(=O)O)C(=O)N[C@@H](CS)C(=O)N[C@@H](CC(N)=O)C(=O)O. The second-order valence-electron chi connectivity index (χ2n) is 25.4. The number of carbonyl (C=O) groups is 18. The summed E-state index contributed by atoms with van der Waals surface area (Å²) in [7, 11) is 0. The standard InChI is InChI=1S/C64H104N18O23S2/c1-31(2)24-40(76-53(93)35(68)10-4-7-21-65)59(99)77-41(25-33-13-15-34(83)16-14-33)58(98)71-32(3)52(92)72-36(11-5-8-22-66)54(94)73-37(12-6-9-23-67)55(95)74-39(18-20-50(88)89)57(97)81-45(29-106)62(102)78-42(26-47(69)84)60(100)75-38(17-19-49(86)87)56(96)79-43(28-51(90)91)61(101)82-46(30-107)63(103)80-44(64(104)105)27-48(70)85/h13-16,31-32,35-46,83,106-107H,4-12,17-30,65-68H2,1-3H3,(H2,69,84)(H2,70,85)(H,71,98)(H,72,92)(H,73,94)(H,74,95)(H,75,100)(H,76,93)(H,77,99)(H,78,102)(H,79,96)(H,80,103)(H,81,97)(H,82,101)(H,86,87)(H,88,89)(H,90,91)(H,104,105)/t32-,35-,36-,37-,38-,39-,40-,41-,42-,43-,44-,45-,46-/m0/s1. The molecule has 29 N–H and O–H groups in total. The number of hydrogen-bond donors (Lipinski definition) is 25. The van der Waals surface area contributed by atoms with E-state index in [0.29, 0.717) is 31.4 Å². The van der Waals surface area contributed by atoms with Crippen LogP contribution in [-0.2, 0) is 92.7 Å². The number of amides is 14. The van der Waals surface area contributed by atoms with Crippen LogP contribution in [0, 0.1) is 5.92 Å². The van der Waals surface area contributed by atoms with Crippen molar-refractivity contribution in [3.05, 3.63) is 29.8 Å². The zero-order valence-corrected chi connectivity index (χ0v) is 61.4. The first-order valence-electron chi connectivity index (χ1n) is 34.3. The topological polar surface area (TPSA) is 709 Å². The zero-order valence-electron chi connectivity index (χ0n) is 59.6. The van der Waals surface area contributed by atoms with Gasteiger partial charge < -0.3 is 124 Å². The Balaban J connectivity index is 3.60. The molecule has 600 valence electrons. The monoisotopic (exact) mass is 1560 g/mol. The minimum Gasteiger partial charge on any atom is -0.508 e. The number of carboxylic acid groups (broad SMARTS) is 4. The summed E-state index contributed by atoms with van der Waals surface area (Å²) < 4.78 is 0. The fraction of sp³-hybridized carbons (Fsp3) is 0.625. The molecule has 0 spiro atoms. The quantitative estimate of drug-likeness (QED) is 0.0213. The van der Waals surface area contributed by atoms with Gasteiger partial charge in [-0.1, -0.05) is 32.4 Å². The number of primary amides is 2. The maximum absolute atomic E-state index is 14.4. The number of nitrogens with one attached hydrogen (secondary N) is 12. The molecule has 0 saturated heterocycles. The van der Waals surface area contributed by atoms with E-state index in [2.05, 4.69) is 73.1 Å². The summed E-state index contributed by atoms with van der Waals surface area (Å²) >= 11 is 8.05. The molecule has 0 saturated carbocycles. The Morgan fingerprint density at radius 1 is 0.364 bits per heavy atom. The molecule has 0 aliphatic rings. The highest BCUT2D eigenvalue weighted by Crippen LogP contribution is 2.15. The van der Waals surface area contributed by atoms with Gasteiger partial charge in [0.25, 0.3) is 0 Å². The molecule has 0 aliphatic heterocycles. The molecule has 1 aromatic rings. The number of hydrogen-bond acceptors (Lipinski definition) is 25. The molecule has 0 unspecified atom stereocenters. The molecule has 0 aromatic heterocycles. The second kappa shape index (κ2) is 50.5. The Hall–Kier alpha value is -9.98. The molecular weight excluding hydrogens is 1450 g/mol. The average molecular weight is 1560 g/mol. The van der Waals surface area contributed by atoms with Crippen LogP contribution >= 0.6 is 25.3 Å². The van der Waals surface area contributed by atoms with Crippen molar-refractivity contribution in [1.82, 2.24) is 63.8 Å². The van der Waals surface area contributed by atoms with Gasteiger partial charge in [0.15, 0.2) is 0 Å². The van der Waals surface area contributed by atoms with E-state index in [9.17, 15) is 112 Å². The summed E-state index contributed by atoms with van der Waals surface area (Å²) in [6.07, 6.45) is -4.38. The lowest BCUT2D eigenvalue weighted by Gasteiger charge is -2.28. The largest absolute Gasteiger partial charge is 0.508 e. The molecule has 14 amide bonds. The van der Waals surface area contributed by atoms with Crippen LogP contribution in [0.15, 0.2) is 24.3 Å². The first-order chi connectivity index (χ1) is 50.3. The predicted octanol–water partition coefficient (Wildman–Crippen LogP) is -7.57. The van der Waals surface area contributed by atoms with Crippen molar-refractivity contribution < 1.29 is 112 Å². The van der Waals surface area contributed by atoms with Crippen LogP contribution in [-0.4, -0.2) is 242 Å². The fourth-order valence-electron chi connectivity index (χ4n) is 10.0. The molecule has 1 aromatic carbocycles. The summed E-state index contributed by atoms with van der Waals surface area (Å²) in [5, 5.41) is 76.0. The van der Waals surface area contributed by atoms with Crippen molar-refractivity contribution in [3.8, 4) is 5.75 Å². The van der Waals surface area contributed by atoms with Crippen LogP contribution in [0.5, 0.6) is 5.75 Å². The molecule has 0 bridgehead atoms. The predicted molar refractivity (Wildman–Crippen MR) is 386 cm³/mol. The summed E-state index contributed by atoms with van der Waals surface area (Å²) in [5.74, 6) is -23.9. The summed E-state index contributed by atoms with van der Waals surface area (Å²) in [5.41, 5.74) is 34.1. The third-order valence-corrected chi connectivity index (χ3v) is 16.6. The third-order valence-electron chi connectivity index (χ3n) is 15.8. The number of aliphatic carboxylic acids is 4. The Kier molecular flexibility index (Phi) is 44.9. The molecule has 13 atom stereocenters. The second-order valence-corrected chi connectivity index (χ2v) is 26.1. The Labute approximate surface area is 626 Å². The van der Waals surface area contributed by atoms with Gasteiger partial charge in [-0.3, -0.25) is 81.5 Å². The highest BCUT2D eigenvalue weighted by atomic mass is 32.1. The number of phenolic OH excluding ortho intramolecular Hbond substituents is 1. The van der Waals surface area contributed by atoms with Gasteiger partial charge >= 0.3 is 23.9 Å². The first-order valence-corrected chi connectivity index (χ1v) is 35.5. The number of aromatic hydroxyl groups is 1. The van der Waals surface area contributed by atoms with E-state index in [4.69, 9.17) is 34.4 Å². The molecule has 0 aliphatic carbocycles. The Bertz CT molecular complexity index is 3230. The van der Waals surface area contributed by atoms with Crippen LogP contribution in [0.4, 0.5) is 0 Å². The van der Waals surface area contributed by atoms with Crippen molar-refractivity contribution in [2.45, 2.75) is 215 Å². The number of nitrogens with two attached hydrogens (primary N) is 6. The van der Waals surface area contributed by atoms with Crippen LogP contribution in [0.1, 0.15) is 135 Å². The number of thiol groups is 2. The van der Waals surface area contributed by atoms with Gasteiger partial charge in [0, 0.05) is 30.8 Å². The number of carbonyl (C=O) groups excluding carboxylic acids is 14. The lowest BCUT2D eigenvalue weighted by Crippen LogP contribution is -2.61. The smallest absolute Gasteiger partial charge is 0.326 e. The highest BCUT2D eigenvalue weighted by Gasteiger charge is 2.38. The molecular formula is C64H104N18O23S2. The molecule has 41 nitrogen and oxygen atoms in total. The van der Waals surface area contributed by atoms with Gasteiger partial charge in [0.1, 0.15) is 78.3 Å². The number of unbranched alkanes of at least 4 members (excludes halogenated alkanes) is 3. The van der Waals surface area contributed by atoms with Gasteiger partial charge in [-0.2, -0.15) is 25.3 Å². The summed E-state index contributed by atoms with van der Waals surface area (Å²) in [6, 6.07) is -16.0. The normalized spacial score (nSPS) is 14.7. The molecule has 43 heteroatoms. The number of benzene rings is 1. The Morgan fingerprint density at radius 3 is 1.07 bits per heavy atom. The Morgan fingerprint density at radius 2 is 0.682 bits per heavy atom. The lowest BCUT2D eigenvalue weighted by molar-refractivity contribution is -0.144. The molecule has 0 radical (unpaired) electrons. The first kappa shape index (κ1) is 95.0. The van der Waals surface area contributed by atoms with Crippen LogP contribution < -0.4 is 98.2 Å².